The molecular weight excluding hydrogens is 344 g/mol. The second-order valence-electron chi connectivity index (χ2n) is 4.26. The van der Waals surface area contributed by atoms with Crippen LogP contribution in [0.4, 0.5) is 0 Å². The van der Waals surface area contributed by atoms with Crippen LogP contribution >= 0.6 is 15.9 Å². The second kappa shape index (κ2) is 5.95. The molecule has 0 saturated heterocycles. The van der Waals surface area contributed by atoms with Gasteiger partial charge in [-0.1, -0.05) is 22.0 Å². The van der Waals surface area contributed by atoms with Gasteiger partial charge in [-0.2, -0.15) is 0 Å². The van der Waals surface area contributed by atoms with E-state index in [0.29, 0.717) is 17.1 Å². The number of aliphatic hydroxyl groups is 1. The summed E-state index contributed by atoms with van der Waals surface area (Å²) >= 11 is 3.31. The van der Waals surface area contributed by atoms with E-state index in [1.807, 2.05) is 0 Å². The highest BCUT2D eigenvalue weighted by atomic mass is 79.9. The summed E-state index contributed by atoms with van der Waals surface area (Å²) in [5.74, 6) is 0.895. The topological polar surface area (TPSA) is 63.6 Å². The molecule has 20 heavy (non-hydrogen) atoms. The van der Waals surface area contributed by atoms with Gasteiger partial charge in [0, 0.05) is 16.3 Å². The summed E-state index contributed by atoms with van der Waals surface area (Å²) < 4.78 is 29.5. The lowest BCUT2D eigenvalue weighted by atomic mass is 10.2. The van der Waals surface area contributed by atoms with Crippen LogP contribution in [0.3, 0.4) is 0 Å². The maximum Gasteiger partial charge on any atom is 0.175 e. The normalized spacial score (nSPS) is 11.3. The summed E-state index contributed by atoms with van der Waals surface area (Å²) in [5.41, 5.74) is 0.615. The third-order valence-electron chi connectivity index (χ3n) is 2.65. The first-order valence-electron chi connectivity index (χ1n) is 5.77. The van der Waals surface area contributed by atoms with Crippen LogP contribution in [0.5, 0.6) is 11.5 Å². The van der Waals surface area contributed by atoms with Crippen molar-refractivity contribution in [2.45, 2.75) is 11.5 Å². The Morgan fingerprint density at radius 3 is 2.60 bits per heavy atom. The predicted octanol–water partition coefficient (Wildman–Crippen LogP) is 3.14. The van der Waals surface area contributed by atoms with Gasteiger partial charge in [0.15, 0.2) is 9.84 Å². The minimum absolute atomic E-state index is 0.166. The molecule has 0 unspecified atom stereocenters. The fourth-order valence-electron chi connectivity index (χ4n) is 1.67. The summed E-state index contributed by atoms with van der Waals surface area (Å²) in [5, 5.41) is 9.31. The van der Waals surface area contributed by atoms with Crippen molar-refractivity contribution in [3.8, 4) is 11.5 Å². The lowest BCUT2D eigenvalue weighted by molar-refractivity contribution is 0.276. The van der Waals surface area contributed by atoms with Crippen molar-refractivity contribution >= 4 is 25.8 Å². The van der Waals surface area contributed by atoms with Crippen molar-refractivity contribution in [2.75, 3.05) is 6.26 Å². The van der Waals surface area contributed by atoms with E-state index in [-0.39, 0.29) is 11.5 Å². The van der Waals surface area contributed by atoms with Crippen molar-refractivity contribution < 1.29 is 18.3 Å². The number of hydrogen-bond acceptors (Lipinski definition) is 4. The minimum Gasteiger partial charge on any atom is -0.457 e. The van der Waals surface area contributed by atoms with Gasteiger partial charge in [-0.25, -0.2) is 8.42 Å². The van der Waals surface area contributed by atoms with Crippen molar-refractivity contribution in [1.82, 2.24) is 0 Å². The monoisotopic (exact) mass is 356 g/mol. The first-order chi connectivity index (χ1) is 9.40. The maximum atomic E-state index is 11.5. The number of aliphatic hydroxyl groups excluding tert-OH is 1. The molecule has 0 aliphatic carbocycles. The van der Waals surface area contributed by atoms with Crippen molar-refractivity contribution in [3.63, 3.8) is 0 Å². The molecule has 0 aliphatic rings. The second-order valence-corrected chi connectivity index (χ2v) is 7.19. The lowest BCUT2D eigenvalue weighted by Crippen LogP contribution is -1.97. The summed E-state index contributed by atoms with van der Waals surface area (Å²) in [7, 11) is -3.28. The quantitative estimate of drug-likeness (QED) is 0.913. The van der Waals surface area contributed by atoms with E-state index < -0.39 is 9.84 Å². The molecule has 0 atom stereocenters. The molecule has 106 valence electrons. The van der Waals surface area contributed by atoms with E-state index in [4.69, 9.17) is 4.74 Å². The Bertz CT molecular complexity index is 726. The average Bonchev–Trinajstić information content (AvgIpc) is 2.40. The number of rotatable bonds is 4. The van der Waals surface area contributed by atoms with E-state index in [9.17, 15) is 13.5 Å². The third-order valence-corrected chi connectivity index (χ3v) is 4.26. The van der Waals surface area contributed by atoms with E-state index in [1.54, 1.807) is 30.3 Å². The number of halogens is 1. The van der Waals surface area contributed by atoms with Gasteiger partial charge in [-0.15, -0.1) is 0 Å². The van der Waals surface area contributed by atoms with Gasteiger partial charge in [0.25, 0.3) is 0 Å². The van der Waals surface area contributed by atoms with Crippen LogP contribution in [0, 0.1) is 0 Å². The molecule has 0 heterocycles. The van der Waals surface area contributed by atoms with E-state index in [2.05, 4.69) is 15.9 Å². The Morgan fingerprint density at radius 2 is 1.95 bits per heavy atom. The van der Waals surface area contributed by atoms with Crippen LogP contribution in [0.2, 0.25) is 0 Å². The molecule has 1 N–H and O–H groups in total. The van der Waals surface area contributed by atoms with Crippen molar-refractivity contribution in [1.29, 1.82) is 0 Å². The molecule has 0 spiro atoms. The van der Waals surface area contributed by atoms with E-state index in [1.165, 1.54) is 12.1 Å². The molecule has 4 nitrogen and oxygen atoms in total. The number of benzene rings is 2. The van der Waals surface area contributed by atoms with Crippen LogP contribution in [0.25, 0.3) is 0 Å². The molecule has 0 amide bonds. The molecule has 0 bridgehead atoms. The van der Waals surface area contributed by atoms with Gasteiger partial charge in [-0.05, 0) is 36.4 Å². The van der Waals surface area contributed by atoms with Crippen molar-refractivity contribution in [3.05, 3.63) is 52.5 Å². The Hall–Kier alpha value is -1.37. The third kappa shape index (κ3) is 3.59. The highest BCUT2D eigenvalue weighted by Crippen LogP contribution is 2.29. The summed E-state index contributed by atoms with van der Waals surface area (Å²) in [6.07, 6.45) is 1.14. The SMILES string of the molecule is CS(=O)(=O)c1cccc(Oc2ccc(Br)cc2CO)c1. The summed E-state index contributed by atoms with van der Waals surface area (Å²) in [6.45, 7) is -0.166. The molecule has 0 aliphatic heterocycles. The Balaban J connectivity index is 2.36. The van der Waals surface area contributed by atoms with Gasteiger partial charge in [0.2, 0.25) is 0 Å². The Labute approximate surface area is 126 Å². The number of sulfone groups is 1. The van der Waals surface area contributed by atoms with Crippen molar-refractivity contribution in [2.24, 2.45) is 0 Å². The standard InChI is InChI=1S/C14H13BrO4S/c1-20(17,18)13-4-2-3-12(8-13)19-14-6-5-11(15)7-10(14)9-16/h2-8,16H,9H2,1H3. The van der Waals surface area contributed by atoms with Crippen LogP contribution in [-0.2, 0) is 16.4 Å². The average molecular weight is 357 g/mol. The molecule has 2 aromatic carbocycles. The van der Waals surface area contributed by atoms with Crippen LogP contribution < -0.4 is 4.74 Å². The molecule has 0 aromatic heterocycles. The van der Waals surface area contributed by atoms with Gasteiger partial charge in [0.05, 0.1) is 11.5 Å². The van der Waals surface area contributed by atoms with Crippen LogP contribution in [-0.4, -0.2) is 19.8 Å². The first-order valence-corrected chi connectivity index (χ1v) is 8.46. The maximum absolute atomic E-state index is 11.5. The molecule has 2 aromatic rings. The molecule has 6 heteroatoms. The smallest absolute Gasteiger partial charge is 0.175 e. The summed E-state index contributed by atoms with van der Waals surface area (Å²) in [4.78, 5) is 0.192. The molecule has 2 rings (SSSR count). The van der Waals surface area contributed by atoms with Crippen LogP contribution in [0.15, 0.2) is 51.8 Å². The highest BCUT2D eigenvalue weighted by molar-refractivity contribution is 9.10. The van der Waals surface area contributed by atoms with E-state index >= 15 is 0 Å². The molecule has 0 saturated carbocycles. The highest BCUT2D eigenvalue weighted by Gasteiger charge is 2.10. The zero-order valence-electron chi connectivity index (χ0n) is 10.7. The Kier molecular flexibility index (Phi) is 4.47. The molecule has 0 fully saturated rings. The number of hydrogen-bond donors (Lipinski definition) is 1. The number of ether oxygens (including phenoxy) is 1. The van der Waals surface area contributed by atoms with Gasteiger partial charge < -0.3 is 9.84 Å². The first kappa shape index (κ1) is 15.0. The zero-order valence-corrected chi connectivity index (χ0v) is 13.1. The fourth-order valence-corrected chi connectivity index (χ4v) is 2.73. The fraction of sp³-hybridized carbons (Fsp3) is 0.143. The summed E-state index contributed by atoms with van der Waals surface area (Å²) in [6, 6.07) is 11.5. The van der Waals surface area contributed by atoms with Crippen LogP contribution in [0.1, 0.15) is 5.56 Å². The van der Waals surface area contributed by atoms with Gasteiger partial charge >= 0.3 is 0 Å². The largest absolute Gasteiger partial charge is 0.457 e. The van der Waals surface area contributed by atoms with Gasteiger partial charge in [-0.3, -0.25) is 0 Å². The van der Waals surface area contributed by atoms with E-state index in [0.717, 1.165) is 10.7 Å². The Morgan fingerprint density at radius 1 is 1.20 bits per heavy atom. The van der Waals surface area contributed by atoms with Gasteiger partial charge in [0.1, 0.15) is 11.5 Å². The minimum atomic E-state index is -3.28. The lowest BCUT2D eigenvalue weighted by Gasteiger charge is -2.11. The molecule has 0 radical (unpaired) electrons. The zero-order chi connectivity index (χ0) is 14.8. The molecular formula is C14H13BrO4S. The predicted molar refractivity (Wildman–Crippen MR) is 79.7 cm³/mol.